The van der Waals surface area contributed by atoms with E-state index in [1.807, 2.05) is 10.7 Å². The van der Waals surface area contributed by atoms with Crippen LogP contribution in [0, 0.1) is 0 Å². The van der Waals surface area contributed by atoms with Gasteiger partial charge in [-0.3, -0.25) is 4.68 Å². The van der Waals surface area contributed by atoms with Crippen LogP contribution in [0.15, 0.2) is 24.7 Å². The number of nitrogens with one attached hydrogen (secondary N) is 1. The quantitative estimate of drug-likeness (QED) is 0.591. The van der Waals surface area contributed by atoms with E-state index >= 15 is 0 Å². The summed E-state index contributed by atoms with van der Waals surface area (Å²) in [5.74, 6) is 5.95. The Morgan fingerprint density at radius 2 is 2.12 bits per heavy atom. The second-order valence-corrected chi connectivity index (χ2v) is 3.34. The molecule has 0 atom stereocenters. The Kier molecular flexibility index (Phi) is 3.11. The van der Waals surface area contributed by atoms with Gasteiger partial charge in [0.15, 0.2) is 5.82 Å². The monoisotopic (exact) mass is 218 g/mol. The van der Waals surface area contributed by atoms with E-state index in [1.165, 1.54) is 0 Å². The fourth-order valence-corrected chi connectivity index (χ4v) is 1.55. The van der Waals surface area contributed by atoms with E-state index in [-0.39, 0.29) is 0 Å². The minimum Gasteiger partial charge on any atom is -0.307 e. The van der Waals surface area contributed by atoms with E-state index < -0.39 is 0 Å². The summed E-state index contributed by atoms with van der Waals surface area (Å²) in [6.07, 6.45) is 6.00. The van der Waals surface area contributed by atoms with Gasteiger partial charge in [-0.05, 0) is 12.5 Å². The van der Waals surface area contributed by atoms with Crippen LogP contribution in [0.5, 0.6) is 0 Å². The third kappa shape index (κ3) is 1.87. The first kappa shape index (κ1) is 10.6. The van der Waals surface area contributed by atoms with Gasteiger partial charge in [-0.2, -0.15) is 5.10 Å². The van der Waals surface area contributed by atoms with Crippen molar-refractivity contribution in [2.75, 3.05) is 5.43 Å². The van der Waals surface area contributed by atoms with Crippen molar-refractivity contribution >= 4 is 5.82 Å². The Morgan fingerprint density at radius 1 is 1.31 bits per heavy atom. The highest BCUT2D eigenvalue weighted by Gasteiger charge is 2.11. The zero-order valence-corrected chi connectivity index (χ0v) is 9.09. The maximum absolute atomic E-state index is 5.40. The number of hydrogen-bond donors (Lipinski definition) is 2. The molecule has 2 aromatic heterocycles. The largest absolute Gasteiger partial charge is 0.307 e. The van der Waals surface area contributed by atoms with Crippen LogP contribution in [-0.4, -0.2) is 19.7 Å². The normalized spacial score (nSPS) is 10.4. The molecule has 0 aromatic carbocycles. The maximum atomic E-state index is 5.40. The average Bonchev–Trinajstić information content (AvgIpc) is 2.77. The Labute approximate surface area is 93.5 Å². The summed E-state index contributed by atoms with van der Waals surface area (Å²) in [7, 11) is 0. The minimum absolute atomic E-state index is 0.556. The molecule has 0 fully saturated rings. The standard InChI is InChI=1S/C10H14N6/c1-2-7-16-8(3-4-14-16)9-10(15-11)13-6-5-12-9/h3-6H,2,7,11H2,1H3,(H,13,15). The Balaban J connectivity index is 2.45. The second kappa shape index (κ2) is 4.71. The minimum atomic E-state index is 0.556. The molecule has 0 amide bonds. The summed E-state index contributed by atoms with van der Waals surface area (Å²) in [6, 6.07) is 1.90. The molecule has 16 heavy (non-hydrogen) atoms. The van der Waals surface area contributed by atoms with Crippen LogP contribution in [0.1, 0.15) is 13.3 Å². The van der Waals surface area contributed by atoms with Crippen molar-refractivity contribution in [2.45, 2.75) is 19.9 Å². The van der Waals surface area contributed by atoms with Gasteiger partial charge in [0, 0.05) is 25.1 Å². The molecule has 0 aliphatic heterocycles. The average molecular weight is 218 g/mol. The van der Waals surface area contributed by atoms with Gasteiger partial charge in [0.2, 0.25) is 0 Å². The third-order valence-electron chi connectivity index (χ3n) is 2.23. The van der Waals surface area contributed by atoms with Crippen LogP contribution < -0.4 is 11.3 Å². The van der Waals surface area contributed by atoms with Gasteiger partial charge >= 0.3 is 0 Å². The van der Waals surface area contributed by atoms with Gasteiger partial charge < -0.3 is 5.43 Å². The molecule has 84 valence electrons. The summed E-state index contributed by atoms with van der Waals surface area (Å²) in [5, 5.41) is 4.24. The number of rotatable bonds is 4. The molecule has 0 aliphatic rings. The van der Waals surface area contributed by atoms with E-state index in [2.05, 4.69) is 27.4 Å². The smallest absolute Gasteiger partial charge is 0.168 e. The zero-order valence-electron chi connectivity index (χ0n) is 9.09. The lowest BCUT2D eigenvalue weighted by atomic mass is 10.3. The molecule has 2 rings (SSSR count). The van der Waals surface area contributed by atoms with Gasteiger partial charge in [0.1, 0.15) is 5.69 Å². The number of hydrogen-bond acceptors (Lipinski definition) is 5. The van der Waals surface area contributed by atoms with E-state index in [1.54, 1.807) is 18.6 Å². The first-order valence-electron chi connectivity index (χ1n) is 5.16. The molecule has 3 N–H and O–H groups in total. The molecule has 2 heterocycles. The van der Waals surface area contributed by atoms with Crippen LogP contribution in [0.2, 0.25) is 0 Å². The molecular formula is C10H14N6. The topological polar surface area (TPSA) is 81.7 Å². The number of anilines is 1. The molecule has 6 heteroatoms. The number of hydrazine groups is 1. The second-order valence-electron chi connectivity index (χ2n) is 3.34. The summed E-state index contributed by atoms with van der Waals surface area (Å²) in [4.78, 5) is 8.38. The van der Waals surface area contributed by atoms with Crippen LogP contribution in [0.4, 0.5) is 5.82 Å². The molecule has 0 bridgehead atoms. The van der Waals surface area contributed by atoms with Crippen LogP contribution in [0.25, 0.3) is 11.4 Å². The molecule has 6 nitrogen and oxygen atoms in total. The van der Waals surface area contributed by atoms with Crippen molar-refractivity contribution in [3.8, 4) is 11.4 Å². The van der Waals surface area contributed by atoms with E-state index in [4.69, 9.17) is 5.84 Å². The van der Waals surface area contributed by atoms with E-state index in [9.17, 15) is 0 Å². The molecular weight excluding hydrogens is 204 g/mol. The van der Waals surface area contributed by atoms with E-state index in [0.717, 1.165) is 24.4 Å². The number of aromatic nitrogens is 4. The molecule has 0 unspecified atom stereocenters. The van der Waals surface area contributed by atoms with Crippen molar-refractivity contribution in [2.24, 2.45) is 5.84 Å². The van der Waals surface area contributed by atoms with Crippen molar-refractivity contribution in [1.29, 1.82) is 0 Å². The highest BCUT2D eigenvalue weighted by molar-refractivity contribution is 5.67. The summed E-state index contributed by atoms with van der Waals surface area (Å²) < 4.78 is 1.89. The lowest BCUT2D eigenvalue weighted by molar-refractivity contribution is 0.608. The third-order valence-corrected chi connectivity index (χ3v) is 2.23. The predicted molar refractivity (Wildman–Crippen MR) is 61.4 cm³/mol. The Morgan fingerprint density at radius 3 is 2.88 bits per heavy atom. The Bertz CT molecular complexity index is 464. The Hall–Kier alpha value is -1.95. The van der Waals surface area contributed by atoms with Gasteiger partial charge in [0.25, 0.3) is 0 Å². The van der Waals surface area contributed by atoms with Gasteiger partial charge in [-0.15, -0.1) is 0 Å². The van der Waals surface area contributed by atoms with Gasteiger partial charge in [0.05, 0.1) is 5.69 Å². The van der Waals surface area contributed by atoms with Crippen LogP contribution >= 0.6 is 0 Å². The fourth-order valence-electron chi connectivity index (χ4n) is 1.55. The lowest BCUT2D eigenvalue weighted by Crippen LogP contribution is -2.12. The summed E-state index contributed by atoms with van der Waals surface area (Å²) >= 11 is 0. The molecule has 0 radical (unpaired) electrons. The van der Waals surface area contributed by atoms with Crippen LogP contribution in [-0.2, 0) is 6.54 Å². The molecule has 0 spiro atoms. The fraction of sp³-hybridized carbons (Fsp3) is 0.300. The van der Waals surface area contributed by atoms with Crippen molar-refractivity contribution < 1.29 is 0 Å². The highest BCUT2D eigenvalue weighted by Crippen LogP contribution is 2.22. The van der Waals surface area contributed by atoms with Gasteiger partial charge in [-0.1, -0.05) is 6.92 Å². The molecule has 2 aromatic rings. The molecule has 0 saturated carbocycles. The van der Waals surface area contributed by atoms with Crippen molar-refractivity contribution in [1.82, 2.24) is 19.7 Å². The number of nitrogens with zero attached hydrogens (tertiary/aromatic N) is 4. The number of nitrogens with two attached hydrogens (primary N) is 1. The summed E-state index contributed by atoms with van der Waals surface area (Å²) in [6.45, 7) is 2.95. The summed E-state index contributed by atoms with van der Waals surface area (Å²) in [5.41, 5.74) is 4.18. The predicted octanol–water partition coefficient (Wildman–Crippen LogP) is 1.04. The number of aryl methyl sites for hydroxylation is 1. The maximum Gasteiger partial charge on any atom is 0.168 e. The number of nitrogen functional groups attached to an aromatic ring is 1. The zero-order chi connectivity index (χ0) is 11.4. The lowest BCUT2D eigenvalue weighted by Gasteiger charge is -2.08. The first-order valence-corrected chi connectivity index (χ1v) is 5.16. The SMILES string of the molecule is CCCn1nccc1-c1nccnc1NN. The van der Waals surface area contributed by atoms with Gasteiger partial charge in [-0.25, -0.2) is 15.8 Å². The van der Waals surface area contributed by atoms with Crippen molar-refractivity contribution in [3.63, 3.8) is 0 Å². The first-order chi connectivity index (χ1) is 7.86. The van der Waals surface area contributed by atoms with Crippen LogP contribution in [0.3, 0.4) is 0 Å². The highest BCUT2D eigenvalue weighted by atomic mass is 15.3. The molecule has 0 saturated heterocycles. The molecule has 0 aliphatic carbocycles. The van der Waals surface area contributed by atoms with E-state index in [0.29, 0.717) is 5.82 Å². The van der Waals surface area contributed by atoms with Crippen molar-refractivity contribution in [3.05, 3.63) is 24.7 Å².